The summed E-state index contributed by atoms with van der Waals surface area (Å²) in [4.78, 5) is 16.6. The van der Waals surface area contributed by atoms with E-state index in [1.54, 1.807) is 0 Å². The molecule has 120 valence electrons. The summed E-state index contributed by atoms with van der Waals surface area (Å²) in [5.41, 5.74) is 7.99. The van der Waals surface area contributed by atoms with Gasteiger partial charge in [0, 0.05) is 13.0 Å². The number of nitrogens with two attached hydrogens (primary N) is 1. The summed E-state index contributed by atoms with van der Waals surface area (Å²) in [5.74, 6) is 0.130. The number of amidine groups is 1. The summed E-state index contributed by atoms with van der Waals surface area (Å²) < 4.78 is 0. The standard InChI is InChI=1S/C18H21N3O2/c19-17(13-16-9-5-2-6-10-16)21-23-14-18(22)20-12-11-15-7-3-1-4-8-15/h1-10H,11-14H2,(H2,19,21)(H,20,22). The Balaban J connectivity index is 1.63. The number of hydrogen-bond donors (Lipinski definition) is 2. The molecular formula is C18H21N3O2. The van der Waals surface area contributed by atoms with E-state index in [0.29, 0.717) is 18.8 Å². The van der Waals surface area contributed by atoms with Crippen LogP contribution in [0.4, 0.5) is 0 Å². The second-order valence-corrected chi connectivity index (χ2v) is 5.10. The minimum absolute atomic E-state index is 0.135. The predicted octanol–water partition coefficient (Wildman–Crippen LogP) is 1.88. The number of carbonyl (C=O) groups excluding carboxylic acids is 1. The Kier molecular flexibility index (Phi) is 6.65. The maximum Gasteiger partial charge on any atom is 0.260 e. The quantitative estimate of drug-likeness (QED) is 0.444. The smallest absolute Gasteiger partial charge is 0.260 e. The fourth-order valence-corrected chi connectivity index (χ4v) is 2.05. The van der Waals surface area contributed by atoms with E-state index in [0.717, 1.165) is 12.0 Å². The average Bonchev–Trinajstić information content (AvgIpc) is 2.57. The Morgan fingerprint density at radius 2 is 1.61 bits per heavy atom. The van der Waals surface area contributed by atoms with Gasteiger partial charge in [0.2, 0.25) is 0 Å². The van der Waals surface area contributed by atoms with Crippen LogP contribution in [0.3, 0.4) is 0 Å². The van der Waals surface area contributed by atoms with Gasteiger partial charge in [0.1, 0.15) is 5.84 Å². The van der Waals surface area contributed by atoms with Crippen molar-refractivity contribution in [1.29, 1.82) is 0 Å². The van der Waals surface area contributed by atoms with Crippen molar-refractivity contribution in [2.24, 2.45) is 10.9 Å². The first-order valence-electron chi connectivity index (χ1n) is 7.53. The molecule has 2 rings (SSSR count). The van der Waals surface area contributed by atoms with Gasteiger partial charge in [-0.1, -0.05) is 65.8 Å². The minimum atomic E-state index is -0.211. The SMILES string of the molecule is N/C(Cc1ccccc1)=N\OCC(=O)NCCc1ccccc1. The van der Waals surface area contributed by atoms with E-state index in [2.05, 4.69) is 10.5 Å². The highest BCUT2D eigenvalue weighted by molar-refractivity contribution is 5.82. The van der Waals surface area contributed by atoms with Crippen LogP contribution < -0.4 is 11.1 Å². The van der Waals surface area contributed by atoms with Gasteiger partial charge in [0.15, 0.2) is 6.61 Å². The van der Waals surface area contributed by atoms with Crippen molar-refractivity contribution in [1.82, 2.24) is 5.32 Å². The monoisotopic (exact) mass is 311 g/mol. The van der Waals surface area contributed by atoms with Crippen molar-refractivity contribution in [3.63, 3.8) is 0 Å². The molecule has 2 aromatic rings. The molecular weight excluding hydrogens is 290 g/mol. The Labute approximate surface area is 136 Å². The molecule has 5 heteroatoms. The zero-order valence-electron chi connectivity index (χ0n) is 12.9. The largest absolute Gasteiger partial charge is 0.384 e. The number of rotatable bonds is 8. The van der Waals surface area contributed by atoms with Crippen LogP contribution >= 0.6 is 0 Å². The van der Waals surface area contributed by atoms with Crippen LogP contribution in [0.5, 0.6) is 0 Å². The third-order valence-corrected chi connectivity index (χ3v) is 3.18. The van der Waals surface area contributed by atoms with E-state index in [1.807, 2.05) is 60.7 Å². The van der Waals surface area contributed by atoms with Crippen molar-refractivity contribution in [2.45, 2.75) is 12.8 Å². The number of amides is 1. The van der Waals surface area contributed by atoms with Crippen molar-refractivity contribution in [2.75, 3.05) is 13.2 Å². The van der Waals surface area contributed by atoms with Gasteiger partial charge in [-0.2, -0.15) is 0 Å². The molecule has 0 radical (unpaired) electrons. The maximum atomic E-state index is 11.6. The molecule has 5 nitrogen and oxygen atoms in total. The summed E-state index contributed by atoms with van der Waals surface area (Å²) in [6.45, 7) is 0.430. The highest BCUT2D eigenvalue weighted by Gasteiger charge is 2.02. The molecule has 0 unspecified atom stereocenters. The Bertz CT molecular complexity index is 627. The van der Waals surface area contributed by atoms with Gasteiger partial charge in [-0.05, 0) is 17.5 Å². The topological polar surface area (TPSA) is 76.7 Å². The summed E-state index contributed by atoms with van der Waals surface area (Å²) in [5, 5.41) is 6.54. The molecule has 0 spiro atoms. The highest BCUT2D eigenvalue weighted by atomic mass is 16.6. The second kappa shape index (κ2) is 9.25. The molecule has 0 aromatic heterocycles. The van der Waals surface area contributed by atoms with E-state index < -0.39 is 0 Å². The normalized spacial score (nSPS) is 11.0. The van der Waals surface area contributed by atoms with Crippen LogP contribution in [0.25, 0.3) is 0 Å². The third-order valence-electron chi connectivity index (χ3n) is 3.18. The number of hydrogen-bond acceptors (Lipinski definition) is 3. The van der Waals surface area contributed by atoms with Gasteiger partial charge < -0.3 is 15.9 Å². The van der Waals surface area contributed by atoms with Gasteiger partial charge in [0.05, 0.1) is 0 Å². The average molecular weight is 311 g/mol. The van der Waals surface area contributed by atoms with Gasteiger partial charge >= 0.3 is 0 Å². The Hall–Kier alpha value is -2.82. The van der Waals surface area contributed by atoms with Crippen LogP contribution in [-0.2, 0) is 22.5 Å². The first-order valence-corrected chi connectivity index (χ1v) is 7.53. The zero-order chi connectivity index (χ0) is 16.3. The van der Waals surface area contributed by atoms with E-state index in [9.17, 15) is 4.79 Å². The van der Waals surface area contributed by atoms with Crippen LogP contribution in [0.1, 0.15) is 11.1 Å². The molecule has 0 saturated heterocycles. The molecule has 23 heavy (non-hydrogen) atoms. The van der Waals surface area contributed by atoms with Crippen LogP contribution in [-0.4, -0.2) is 24.9 Å². The number of nitrogens with zero attached hydrogens (tertiary/aromatic N) is 1. The lowest BCUT2D eigenvalue weighted by Gasteiger charge is -2.05. The fraction of sp³-hybridized carbons (Fsp3) is 0.222. The fourth-order valence-electron chi connectivity index (χ4n) is 2.05. The lowest BCUT2D eigenvalue weighted by molar-refractivity contribution is -0.125. The lowest BCUT2D eigenvalue weighted by Crippen LogP contribution is -2.29. The van der Waals surface area contributed by atoms with Crippen molar-refractivity contribution >= 4 is 11.7 Å². The first kappa shape index (κ1) is 16.5. The Morgan fingerprint density at radius 3 is 2.26 bits per heavy atom. The molecule has 0 fully saturated rings. The van der Waals surface area contributed by atoms with E-state index in [-0.39, 0.29) is 12.5 Å². The molecule has 0 aliphatic heterocycles. The molecule has 3 N–H and O–H groups in total. The molecule has 0 heterocycles. The van der Waals surface area contributed by atoms with Crippen LogP contribution in [0, 0.1) is 0 Å². The molecule has 0 saturated carbocycles. The predicted molar refractivity (Wildman–Crippen MR) is 90.9 cm³/mol. The van der Waals surface area contributed by atoms with Gasteiger partial charge in [0.25, 0.3) is 5.91 Å². The molecule has 0 aliphatic carbocycles. The summed E-state index contributed by atoms with van der Waals surface area (Å²) in [7, 11) is 0. The minimum Gasteiger partial charge on any atom is -0.384 e. The molecule has 2 aromatic carbocycles. The van der Waals surface area contributed by atoms with Gasteiger partial charge in [-0.25, -0.2) is 0 Å². The van der Waals surface area contributed by atoms with Crippen molar-refractivity contribution < 1.29 is 9.63 Å². The number of oxime groups is 1. The van der Waals surface area contributed by atoms with Crippen molar-refractivity contribution in [3.8, 4) is 0 Å². The lowest BCUT2D eigenvalue weighted by atomic mass is 10.1. The highest BCUT2D eigenvalue weighted by Crippen LogP contribution is 2.00. The summed E-state index contributed by atoms with van der Waals surface area (Å²) in [6.07, 6.45) is 1.28. The first-order chi connectivity index (χ1) is 11.2. The number of benzene rings is 2. The van der Waals surface area contributed by atoms with E-state index in [1.165, 1.54) is 5.56 Å². The van der Waals surface area contributed by atoms with Crippen molar-refractivity contribution in [3.05, 3.63) is 71.8 Å². The summed E-state index contributed by atoms with van der Waals surface area (Å²) >= 11 is 0. The Morgan fingerprint density at radius 1 is 1.00 bits per heavy atom. The molecule has 1 amide bonds. The maximum absolute atomic E-state index is 11.6. The molecule has 0 aliphatic rings. The number of carbonyl (C=O) groups is 1. The second-order valence-electron chi connectivity index (χ2n) is 5.10. The molecule has 0 atom stereocenters. The summed E-state index contributed by atoms with van der Waals surface area (Å²) in [6, 6.07) is 19.7. The van der Waals surface area contributed by atoms with Crippen LogP contribution in [0.2, 0.25) is 0 Å². The van der Waals surface area contributed by atoms with Crippen LogP contribution in [0.15, 0.2) is 65.8 Å². The van der Waals surface area contributed by atoms with E-state index >= 15 is 0 Å². The zero-order valence-corrected chi connectivity index (χ0v) is 12.9. The number of nitrogens with one attached hydrogen (secondary N) is 1. The third kappa shape index (κ3) is 6.65. The molecule has 0 bridgehead atoms. The van der Waals surface area contributed by atoms with Gasteiger partial charge in [-0.15, -0.1) is 0 Å². The van der Waals surface area contributed by atoms with Gasteiger partial charge in [-0.3, -0.25) is 4.79 Å². The van der Waals surface area contributed by atoms with E-state index in [4.69, 9.17) is 10.6 Å².